The van der Waals surface area contributed by atoms with Crippen molar-refractivity contribution in [3.05, 3.63) is 18.2 Å². The first-order valence-corrected chi connectivity index (χ1v) is 10.1. The predicted octanol–water partition coefficient (Wildman–Crippen LogP) is 1.73. The fourth-order valence-electron chi connectivity index (χ4n) is 3.64. The Labute approximate surface area is 143 Å². The normalized spacial score (nSPS) is 26.1. The molecule has 0 bridgehead atoms. The first-order valence-electron chi connectivity index (χ1n) is 8.58. The minimum atomic E-state index is -3.67. The molecule has 0 unspecified atom stereocenters. The van der Waals surface area contributed by atoms with E-state index in [9.17, 15) is 13.5 Å². The molecular weight excluding hydrogens is 328 g/mol. The van der Waals surface area contributed by atoms with Crippen molar-refractivity contribution in [2.24, 2.45) is 5.92 Å². The average Bonchev–Trinajstić information content (AvgIpc) is 2.95. The van der Waals surface area contributed by atoms with Crippen LogP contribution in [0.25, 0.3) is 0 Å². The van der Waals surface area contributed by atoms with Gasteiger partial charge in [0.2, 0.25) is 10.0 Å². The molecule has 2 aliphatic heterocycles. The summed E-state index contributed by atoms with van der Waals surface area (Å²) in [5.41, 5.74) is 0.627. The summed E-state index contributed by atoms with van der Waals surface area (Å²) in [6, 6.07) is 5.06. The number of anilines is 1. The number of hydrogen-bond acceptors (Lipinski definition) is 5. The van der Waals surface area contributed by atoms with E-state index in [0.717, 1.165) is 25.8 Å². The lowest BCUT2D eigenvalue weighted by molar-refractivity contribution is 0.261. The van der Waals surface area contributed by atoms with Gasteiger partial charge in [0.1, 0.15) is 17.3 Å². The minimum Gasteiger partial charge on any atom is -0.490 e. The average molecular weight is 354 g/mol. The molecule has 6 nitrogen and oxygen atoms in total. The maximum Gasteiger partial charge on any atom is 0.246 e. The van der Waals surface area contributed by atoms with Crippen molar-refractivity contribution in [2.75, 3.05) is 24.7 Å². The summed E-state index contributed by atoms with van der Waals surface area (Å²) in [5.74, 6) is 0.772. The number of ether oxygens (including phenoxy) is 1. The molecule has 0 aliphatic carbocycles. The lowest BCUT2D eigenvalue weighted by atomic mass is 10.1. The van der Waals surface area contributed by atoms with Crippen LogP contribution in [0.1, 0.15) is 33.1 Å². The van der Waals surface area contributed by atoms with Crippen LogP contribution in [-0.2, 0) is 10.0 Å². The number of rotatable bonds is 4. The molecule has 0 saturated carbocycles. The summed E-state index contributed by atoms with van der Waals surface area (Å²) in [6.45, 7) is 5.22. The minimum absolute atomic E-state index is 0.0218. The second-order valence-electron chi connectivity index (χ2n) is 7.04. The summed E-state index contributed by atoms with van der Waals surface area (Å²) >= 11 is 0. The third-order valence-electron chi connectivity index (χ3n) is 4.64. The number of hydrogen-bond donors (Lipinski definition) is 2. The Morgan fingerprint density at radius 2 is 2.21 bits per heavy atom. The Balaban J connectivity index is 2.01. The third-order valence-corrected chi connectivity index (χ3v) is 6.23. The van der Waals surface area contributed by atoms with E-state index in [1.54, 1.807) is 12.1 Å². The third kappa shape index (κ3) is 3.38. The van der Waals surface area contributed by atoms with E-state index < -0.39 is 10.0 Å². The summed E-state index contributed by atoms with van der Waals surface area (Å²) in [5, 5.41) is 9.59. The Morgan fingerprint density at radius 3 is 2.92 bits per heavy atom. The van der Waals surface area contributed by atoms with E-state index in [4.69, 9.17) is 4.74 Å². The van der Waals surface area contributed by atoms with Crippen LogP contribution in [-0.4, -0.2) is 45.4 Å². The molecule has 2 N–H and O–H groups in total. The van der Waals surface area contributed by atoms with Gasteiger partial charge in [0, 0.05) is 6.54 Å². The monoisotopic (exact) mass is 354 g/mol. The Kier molecular flexibility index (Phi) is 5.03. The highest BCUT2D eigenvalue weighted by Crippen LogP contribution is 2.38. The van der Waals surface area contributed by atoms with Crippen molar-refractivity contribution >= 4 is 15.7 Å². The van der Waals surface area contributed by atoms with E-state index in [-0.39, 0.29) is 23.6 Å². The Hall–Kier alpha value is -1.31. The van der Waals surface area contributed by atoms with Crippen LogP contribution in [0.15, 0.2) is 23.1 Å². The molecule has 7 heteroatoms. The van der Waals surface area contributed by atoms with E-state index >= 15 is 0 Å². The van der Waals surface area contributed by atoms with E-state index in [1.165, 1.54) is 0 Å². The smallest absolute Gasteiger partial charge is 0.246 e. The number of aliphatic hydroxyl groups excluding tert-OH is 1. The molecule has 24 heavy (non-hydrogen) atoms. The molecular formula is C17H26N2O4S. The molecule has 0 aromatic heterocycles. The lowest BCUT2D eigenvalue weighted by Crippen LogP contribution is -2.38. The molecule has 0 spiro atoms. The van der Waals surface area contributed by atoms with Gasteiger partial charge in [0.15, 0.2) is 0 Å². The topological polar surface area (TPSA) is 78.9 Å². The molecule has 2 heterocycles. The van der Waals surface area contributed by atoms with Gasteiger partial charge < -0.3 is 14.7 Å². The first-order chi connectivity index (χ1) is 11.4. The second-order valence-corrected chi connectivity index (χ2v) is 8.69. The highest BCUT2D eigenvalue weighted by atomic mass is 32.2. The number of benzene rings is 1. The molecule has 3 rings (SSSR count). The van der Waals surface area contributed by atoms with Crippen molar-refractivity contribution in [1.82, 2.24) is 4.72 Å². The van der Waals surface area contributed by atoms with Gasteiger partial charge in [-0.25, -0.2) is 13.1 Å². The maximum absolute atomic E-state index is 13.0. The largest absolute Gasteiger partial charge is 0.490 e. The molecule has 2 aliphatic rings. The fourth-order valence-corrected chi connectivity index (χ4v) is 5.22. The van der Waals surface area contributed by atoms with Crippen LogP contribution in [0.5, 0.6) is 5.75 Å². The standard InChI is InChI=1S/C17H26N2O4S/c1-12(2)9-13-11-23-16-7-3-6-15(17(16)24(21,22)18-13)19-8-4-5-14(19)10-20/h3,6-7,12-14,18,20H,4-5,8-11H2,1-2H3/t13-,14-/m0/s1. The Bertz CT molecular complexity index is 690. The zero-order chi connectivity index (χ0) is 17.3. The number of nitrogens with one attached hydrogen (secondary N) is 1. The summed E-state index contributed by atoms with van der Waals surface area (Å²) in [7, 11) is -3.67. The van der Waals surface area contributed by atoms with Crippen LogP contribution in [0, 0.1) is 5.92 Å². The summed E-state index contributed by atoms with van der Waals surface area (Å²) in [6.07, 6.45) is 2.54. The Morgan fingerprint density at radius 1 is 1.42 bits per heavy atom. The molecule has 1 saturated heterocycles. The van der Waals surface area contributed by atoms with E-state index in [2.05, 4.69) is 18.6 Å². The van der Waals surface area contributed by atoms with Crippen LogP contribution < -0.4 is 14.4 Å². The summed E-state index contributed by atoms with van der Waals surface area (Å²) < 4.78 is 34.6. The highest BCUT2D eigenvalue weighted by molar-refractivity contribution is 7.89. The number of sulfonamides is 1. The van der Waals surface area contributed by atoms with Crippen molar-refractivity contribution in [1.29, 1.82) is 0 Å². The lowest BCUT2D eigenvalue weighted by Gasteiger charge is -2.27. The zero-order valence-corrected chi connectivity index (χ0v) is 15.1. The molecule has 1 fully saturated rings. The van der Waals surface area contributed by atoms with Gasteiger partial charge in [-0.3, -0.25) is 0 Å². The molecule has 0 amide bonds. The van der Waals surface area contributed by atoms with Crippen molar-refractivity contribution in [2.45, 2.75) is 50.1 Å². The van der Waals surface area contributed by atoms with Gasteiger partial charge in [-0.05, 0) is 37.3 Å². The van der Waals surface area contributed by atoms with Gasteiger partial charge in [-0.1, -0.05) is 19.9 Å². The maximum atomic E-state index is 13.0. The van der Waals surface area contributed by atoms with Crippen LogP contribution in [0.4, 0.5) is 5.69 Å². The van der Waals surface area contributed by atoms with Gasteiger partial charge in [-0.15, -0.1) is 0 Å². The predicted molar refractivity (Wildman–Crippen MR) is 93.0 cm³/mol. The van der Waals surface area contributed by atoms with Gasteiger partial charge in [-0.2, -0.15) is 0 Å². The number of fused-ring (bicyclic) bond motifs is 1. The van der Waals surface area contributed by atoms with E-state index in [1.807, 2.05) is 11.0 Å². The van der Waals surface area contributed by atoms with E-state index in [0.29, 0.717) is 24.0 Å². The van der Waals surface area contributed by atoms with Gasteiger partial charge in [0.25, 0.3) is 0 Å². The van der Waals surface area contributed by atoms with Crippen LogP contribution in [0.3, 0.4) is 0 Å². The highest BCUT2D eigenvalue weighted by Gasteiger charge is 2.35. The molecule has 2 atom stereocenters. The van der Waals surface area contributed by atoms with Gasteiger partial charge >= 0.3 is 0 Å². The quantitative estimate of drug-likeness (QED) is 0.861. The first kappa shape index (κ1) is 17.5. The zero-order valence-electron chi connectivity index (χ0n) is 14.2. The van der Waals surface area contributed by atoms with Crippen LogP contribution in [0.2, 0.25) is 0 Å². The number of aliphatic hydroxyl groups is 1. The fraction of sp³-hybridized carbons (Fsp3) is 0.647. The molecule has 1 aromatic rings. The molecule has 0 radical (unpaired) electrons. The van der Waals surface area contributed by atoms with Gasteiger partial charge in [0.05, 0.1) is 24.4 Å². The summed E-state index contributed by atoms with van der Waals surface area (Å²) in [4.78, 5) is 2.20. The van der Waals surface area contributed by atoms with Crippen molar-refractivity contribution in [3.8, 4) is 5.75 Å². The van der Waals surface area contributed by atoms with Crippen molar-refractivity contribution < 1.29 is 18.3 Å². The van der Waals surface area contributed by atoms with Crippen LogP contribution >= 0.6 is 0 Å². The molecule has 1 aromatic carbocycles. The molecule has 134 valence electrons. The van der Waals surface area contributed by atoms with Crippen molar-refractivity contribution in [3.63, 3.8) is 0 Å². The number of nitrogens with zero attached hydrogens (tertiary/aromatic N) is 1. The second kappa shape index (κ2) is 6.90. The SMILES string of the molecule is CC(C)C[C@H]1COc2cccc(N3CCC[C@H]3CO)c2S(=O)(=O)N1.